The summed E-state index contributed by atoms with van der Waals surface area (Å²) in [6, 6.07) is 8.99. The van der Waals surface area contributed by atoms with E-state index in [-0.39, 0.29) is 0 Å². The van der Waals surface area contributed by atoms with E-state index >= 15 is 0 Å². The summed E-state index contributed by atoms with van der Waals surface area (Å²) in [6.07, 6.45) is 4.85. The molecule has 4 aromatic rings. The maximum absolute atomic E-state index is 5.66. The zero-order chi connectivity index (χ0) is 25.6. The Morgan fingerprint density at radius 3 is 2.58 bits per heavy atom. The van der Waals surface area contributed by atoms with Crippen LogP contribution in [-0.2, 0) is 18.2 Å². The van der Waals surface area contributed by atoms with E-state index in [1.54, 1.807) is 0 Å². The Hall–Kier alpha value is -2.69. The summed E-state index contributed by atoms with van der Waals surface area (Å²) in [5.74, 6) is 6.86. The highest BCUT2D eigenvalue weighted by molar-refractivity contribution is 7.99. The molecule has 1 aromatic carbocycles. The molecule has 3 aromatic heterocycles. The molecule has 38 heavy (non-hydrogen) atoms. The third-order valence-corrected chi connectivity index (χ3v) is 9.71. The van der Waals surface area contributed by atoms with Crippen molar-refractivity contribution in [3.05, 3.63) is 35.9 Å². The monoisotopic (exact) mass is 532 g/mol. The fourth-order valence-corrected chi connectivity index (χ4v) is 7.60. The van der Waals surface area contributed by atoms with Crippen LogP contribution in [0.5, 0.6) is 0 Å². The van der Waals surface area contributed by atoms with Crippen LogP contribution in [0.2, 0.25) is 0 Å². The molecule has 3 aliphatic rings. The SMILES string of the molecule is Cc1nc2ccccc2n1-c1nc(N2CCOCC2)c2nc(CC3CCN(C4CCSC4)CC3)n(C)c2n1. The maximum atomic E-state index is 5.66. The van der Waals surface area contributed by atoms with Gasteiger partial charge in [0.2, 0.25) is 5.95 Å². The number of nitrogens with zero attached hydrogens (tertiary/aromatic N) is 8. The van der Waals surface area contributed by atoms with E-state index in [4.69, 9.17) is 24.7 Å². The number of aryl methyl sites for hydroxylation is 2. The standard InChI is InChI=1S/C28H36N8OS/c1-19-29-22-5-3-4-6-23(22)36(19)28-31-26-25(27(32-28)35-12-14-37-15-13-35)30-24(33(26)2)17-20-7-10-34(11-8-20)21-9-16-38-18-21/h3-6,20-21H,7-18H2,1-2H3. The molecule has 0 bridgehead atoms. The predicted molar refractivity (Wildman–Crippen MR) is 152 cm³/mol. The van der Waals surface area contributed by atoms with Gasteiger partial charge in [0, 0.05) is 38.4 Å². The number of rotatable bonds is 5. The highest BCUT2D eigenvalue weighted by atomic mass is 32.2. The minimum absolute atomic E-state index is 0.655. The number of anilines is 1. The topological polar surface area (TPSA) is 77.1 Å². The average Bonchev–Trinajstić information content (AvgIpc) is 3.67. The van der Waals surface area contributed by atoms with Crippen molar-refractivity contribution >= 4 is 39.8 Å². The van der Waals surface area contributed by atoms with Crippen molar-refractivity contribution in [1.82, 2.24) is 34.0 Å². The highest BCUT2D eigenvalue weighted by Gasteiger charge is 2.29. The molecule has 3 aliphatic heterocycles. The van der Waals surface area contributed by atoms with Crippen molar-refractivity contribution in [3.8, 4) is 5.95 Å². The number of fused-ring (bicyclic) bond motifs is 2. The summed E-state index contributed by atoms with van der Waals surface area (Å²) >= 11 is 2.11. The van der Waals surface area contributed by atoms with Gasteiger partial charge in [0.15, 0.2) is 17.0 Å². The molecule has 0 aliphatic carbocycles. The van der Waals surface area contributed by atoms with Crippen LogP contribution in [0.3, 0.4) is 0 Å². The largest absolute Gasteiger partial charge is 0.378 e. The highest BCUT2D eigenvalue weighted by Crippen LogP contribution is 2.31. The second kappa shape index (κ2) is 10.1. The van der Waals surface area contributed by atoms with Crippen molar-refractivity contribution < 1.29 is 4.74 Å². The Bertz CT molecular complexity index is 1440. The van der Waals surface area contributed by atoms with E-state index in [1.807, 2.05) is 25.1 Å². The van der Waals surface area contributed by atoms with E-state index in [9.17, 15) is 0 Å². The Kier molecular flexibility index (Phi) is 6.49. The molecule has 3 fully saturated rings. The molecule has 0 spiro atoms. The van der Waals surface area contributed by atoms with Crippen molar-refractivity contribution in [1.29, 1.82) is 0 Å². The predicted octanol–water partition coefficient (Wildman–Crippen LogP) is 3.61. The van der Waals surface area contributed by atoms with Gasteiger partial charge in [-0.2, -0.15) is 21.7 Å². The Morgan fingerprint density at radius 2 is 1.79 bits per heavy atom. The molecule has 0 amide bonds. The van der Waals surface area contributed by atoms with Crippen LogP contribution in [0.15, 0.2) is 24.3 Å². The summed E-state index contributed by atoms with van der Waals surface area (Å²) in [6.45, 7) is 7.47. The normalized spacial score (nSPS) is 21.7. The minimum Gasteiger partial charge on any atom is -0.378 e. The lowest BCUT2D eigenvalue weighted by atomic mass is 9.92. The minimum atomic E-state index is 0.655. The summed E-state index contributed by atoms with van der Waals surface area (Å²) in [5, 5.41) is 0. The van der Waals surface area contributed by atoms with Gasteiger partial charge in [-0.25, -0.2) is 9.97 Å². The van der Waals surface area contributed by atoms with Crippen LogP contribution in [0.4, 0.5) is 5.82 Å². The van der Waals surface area contributed by atoms with Gasteiger partial charge < -0.3 is 14.2 Å². The van der Waals surface area contributed by atoms with Crippen molar-refractivity contribution in [2.75, 3.05) is 55.8 Å². The molecule has 0 radical (unpaired) electrons. The van der Waals surface area contributed by atoms with Crippen molar-refractivity contribution in [3.63, 3.8) is 0 Å². The third-order valence-electron chi connectivity index (χ3n) is 8.56. The maximum Gasteiger partial charge on any atom is 0.239 e. The molecule has 1 unspecified atom stereocenters. The van der Waals surface area contributed by atoms with E-state index in [0.29, 0.717) is 25.1 Å². The van der Waals surface area contributed by atoms with Gasteiger partial charge >= 0.3 is 0 Å². The molecule has 9 nitrogen and oxygen atoms in total. The molecule has 3 saturated heterocycles. The number of ether oxygens (including phenoxy) is 1. The number of thioether (sulfide) groups is 1. The first kappa shape index (κ1) is 24.4. The molecule has 10 heteroatoms. The molecular weight excluding hydrogens is 496 g/mol. The van der Waals surface area contributed by atoms with Crippen LogP contribution in [0, 0.1) is 12.8 Å². The van der Waals surface area contributed by atoms with Crippen molar-refractivity contribution in [2.24, 2.45) is 13.0 Å². The molecule has 0 saturated carbocycles. The van der Waals surface area contributed by atoms with Gasteiger partial charge in [0.05, 0.1) is 24.2 Å². The smallest absolute Gasteiger partial charge is 0.239 e. The quantitative estimate of drug-likeness (QED) is 0.386. The van der Waals surface area contributed by atoms with E-state index in [2.05, 4.69) is 43.8 Å². The fourth-order valence-electron chi connectivity index (χ4n) is 6.35. The zero-order valence-electron chi connectivity index (χ0n) is 22.3. The number of para-hydroxylation sites is 2. The molecule has 0 N–H and O–H groups in total. The van der Waals surface area contributed by atoms with E-state index in [1.165, 1.54) is 43.9 Å². The lowest BCUT2D eigenvalue weighted by Crippen LogP contribution is -2.41. The third kappa shape index (κ3) is 4.36. The summed E-state index contributed by atoms with van der Waals surface area (Å²) in [7, 11) is 2.12. The van der Waals surface area contributed by atoms with Gasteiger partial charge in [-0.05, 0) is 63.1 Å². The summed E-state index contributed by atoms with van der Waals surface area (Å²) < 4.78 is 9.94. The number of imidazole rings is 2. The molecule has 1 atom stereocenters. The zero-order valence-corrected chi connectivity index (χ0v) is 23.2. The van der Waals surface area contributed by atoms with Crippen LogP contribution in [-0.4, -0.2) is 90.9 Å². The fraction of sp³-hybridized carbons (Fsp3) is 0.571. The van der Waals surface area contributed by atoms with E-state index < -0.39 is 0 Å². The second-order valence-corrected chi connectivity index (χ2v) is 12.0. The van der Waals surface area contributed by atoms with E-state index in [0.717, 1.165) is 65.2 Å². The molecule has 7 rings (SSSR count). The Morgan fingerprint density at radius 1 is 0.974 bits per heavy atom. The molecular formula is C28H36N8OS. The molecule has 200 valence electrons. The molecule has 6 heterocycles. The summed E-state index contributed by atoms with van der Waals surface area (Å²) in [4.78, 5) is 25.2. The van der Waals surface area contributed by atoms with Crippen LogP contribution < -0.4 is 4.90 Å². The van der Waals surface area contributed by atoms with Gasteiger partial charge in [-0.1, -0.05) is 12.1 Å². The number of hydrogen-bond acceptors (Lipinski definition) is 8. The van der Waals surface area contributed by atoms with Gasteiger partial charge in [0.25, 0.3) is 0 Å². The first-order valence-corrected chi connectivity index (χ1v) is 15.1. The number of morpholine rings is 1. The second-order valence-electron chi connectivity index (χ2n) is 10.9. The lowest BCUT2D eigenvalue weighted by Gasteiger charge is -2.35. The Balaban J connectivity index is 1.24. The number of benzene rings is 1. The average molecular weight is 533 g/mol. The van der Waals surface area contributed by atoms with Crippen LogP contribution in [0.25, 0.3) is 28.1 Å². The van der Waals surface area contributed by atoms with Crippen LogP contribution >= 0.6 is 11.8 Å². The first-order chi connectivity index (χ1) is 18.7. The number of hydrogen-bond donors (Lipinski definition) is 0. The first-order valence-electron chi connectivity index (χ1n) is 14.0. The van der Waals surface area contributed by atoms with Crippen molar-refractivity contribution in [2.45, 2.75) is 38.6 Å². The number of aromatic nitrogens is 6. The lowest BCUT2D eigenvalue weighted by molar-refractivity contribution is 0.122. The number of likely N-dealkylation sites (tertiary alicyclic amines) is 1. The number of piperidine rings is 1. The summed E-state index contributed by atoms with van der Waals surface area (Å²) in [5.41, 5.74) is 3.77. The van der Waals surface area contributed by atoms with Gasteiger partial charge in [-0.15, -0.1) is 0 Å². The van der Waals surface area contributed by atoms with Crippen LogP contribution in [0.1, 0.15) is 30.9 Å². The van der Waals surface area contributed by atoms with Gasteiger partial charge in [0.1, 0.15) is 11.6 Å². The Labute approximate surface area is 227 Å². The van der Waals surface area contributed by atoms with Gasteiger partial charge in [-0.3, -0.25) is 9.47 Å².